The number of hydrogen-bond donors (Lipinski definition) is 0. The second-order valence-electron chi connectivity index (χ2n) is 4.12. The molecule has 1 aromatic rings. The van der Waals surface area contributed by atoms with Crippen LogP contribution in [0, 0.1) is 5.82 Å². The highest BCUT2D eigenvalue weighted by molar-refractivity contribution is 5.85. The van der Waals surface area contributed by atoms with E-state index < -0.39 is 5.97 Å². The molecular weight excluding hydrogens is 273 g/mol. The first-order valence-corrected chi connectivity index (χ1v) is 5.76. The monoisotopic (exact) mass is 291 g/mol. The third kappa shape index (κ3) is 8.40. The SMILES string of the molecule is CN(C)CCCOC(=O)COc1ccc(F)cc1.Cl. The van der Waals surface area contributed by atoms with E-state index in [1.807, 2.05) is 19.0 Å². The second kappa shape index (κ2) is 9.58. The third-order valence-corrected chi connectivity index (χ3v) is 2.18. The molecule has 0 saturated heterocycles. The van der Waals surface area contributed by atoms with Gasteiger partial charge in [-0.2, -0.15) is 0 Å². The van der Waals surface area contributed by atoms with E-state index >= 15 is 0 Å². The average Bonchev–Trinajstić information content (AvgIpc) is 2.34. The smallest absolute Gasteiger partial charge is 0.344 e. The molecule has 0 spiro atoms. The highest BCUT2D eigenvalue weighted by Gasteiger charge is 2.04. The number of carbonyl (C=O) groups excluding carboxylic acids is 1. The summed E-state index contributed by atoms with van der Waals surface area (Å²) < 4.78 is 22.7. The zero-order valence-corrected chi connectivity index (χ0v) is 11.9. The molecule has 0 N–H and O–H groups in total. The van der Waals surface area contributed by atoms with E-state index in [4.69, 9.17) is 9.47 Å². The molecule has 0 radical (unpaired) electrons. The normalized spacial score (nSPS) is 9.89. The number of esters is 1. The van der Waals surface area contributed by atoms with Crippen LogP contribution in [-0.2, 0) is 9.53 Å². The van der Waals surface area contributed by atoms with Crippen LogP contribution in [-0.4, -0.2) is 44.7 Å². The Morgan fingerprint density at radius 1 is 1.26 bits per heavy atom. The molecule has 1 aromatic carbocycles. The fraction of sp³-hybridized carbons (Fsp3) is 0.462. The lowest BCUT2D eigenvalue weighted by atomic mass is 10.3. The van der Waals surface area contributed by atoms with Gasteiger partial charge in [0.05, 0.1) is 6.61 Å². The summed E-state index contributed by atoms with van der Waals surface area (Å²) in [6, 6.07) is 5.48. The van der Waals surface area contributed by atoms with E-state index in [0.29, 0.717) is 12.4 Å². The van der Waals surface area contributed by atoms with E-state index in [2.05, 4.69) is 0 Å². The Balaban J connectivity index is 0.00000324. The summed E-state index contributed by atoms with van der Waals surface area (Å²) in [6.07, 6.45) is 0.787. The van der Waals surface area contributed by atoms with Gasteiger partial charge in [-0.25, -0.2) is 9.18 Å². The highest BCUT2D eigenvalue weighted by Crippen LogP contribution is 2.10. The van der Waals surface area contributed by atoms with Crippen LogP contribution in [0.15, 0.2) is 24.3 Å². The first kappa shape index (κ1) is 17.7. The molecule has 6 heteroatoms. The number of halogens is 2. The van der Waals surface area contributed by atoms with Crippen molar-refractivity contribution in [3.8, 4) is 5.75 Å². The molecule has 0 aromatic heterocycles. The number of carbonyl (C=O) groups is 1. The van der Waals surface area contributed by atoms with Crippen LogP contribution < -0.4 is 4.74 Å². The Bertz CT molecular complexity index is 371. The molecule has 19 heavy (non-hydrogen) atoms. The van der Waals surface area contributed by atoms with Crippen LogP contribution in [0.5, 0.6) is 5.75 Å². The van der Waals surface area contributed by atoms with Crippen LogP contribution in [0.2, 0.25) is 0 Å². The van der Waals surface area contributed by atoms with Gasteiger partial charge in [0.1, 0.15) is 11.6 Å². The Kier molecular flexibility index (Phi) is 8.91. The van der Waals surface area contributed by atoms with Crippen molar-refractivity contribution in [3.05, 3.63) is 30.1 Å². The lowest BCUT2D eigenvalue weighted by Gasteiger charge is -2.10. The summed E-state index contributed by atoms with van der Waals surface area (Å²) in [5.74, 6) is -0.312. The van der Waals surface area contributed by atoms with Crippen molar-refractivity contribution in [3.63, 3.8) is 0 Å². The summed E-state index contributed by atoms with van der Waals surface area (Å²) in [5.41, 5.74) is 0. The zero-order valence-electron chi connectivity index (χ0n) is 11.1. The van der Waals surface area contributed by atoms with E-state index in [-0.39, 0.29) is 24.8 Å². The lowest BCUT2D eigenvalue weighted by Crippen LogP contribution is -2.19. The fourth-order valence-electron chi connectivity index (χ4n) is 1.28. The second-order valence-corrected chi connectivity index (χ2v) is 4.12. The van der Waals surface area contributed by atoms with Crippen LogP contribution in [0.3, 0.4) is 0 Å². The molecule has 0 aliphatic rings. The van der Waals surface area contributed by atoms with Crippen molar-refractivity contribution < 1.29 is 18.7 Å². The van der Waals surface area contributed by atoms with Gasteiger partial charge < -0.3 is 14.4 Å². The minimum atomic E-state index is -0.418. The van der Waals surface area contributed by atoms with Gasteiger partial charge in [-0.1, -0.05) is 0 Å². The fourth-order valence-corrected chi connectivity index (χ4v) is 1.28. The van der Waals surface area contributed by atoms with Gasteiger partial charge in [0.2, 0.25) is 0 Å². The quantitative estimate of drug-likeness (QED) is 0.570. The molecule has 0 bridgehead atoms. The summed E-state index contributed by atoms with van der Waals surface area (Å²) in [4.78, 5) is 13.3. The Labute approximate surface area is 118 Å². The molecule has 0 fully saturated rings. The minimum absolute atomic E-state index is 0. The van der Waals surface area contributed by atoms with Crippen LogP contribution in [0.25, 0.3) is 0 Å². The van der Waals surface area contributed by atoms with Gasteiger partial charge in [0, 0.05) is 6.54 Å². The van der Waals surface area contributed by atoms with Gasteiger partial charge in [-0.3, -0.25) is 0 Å². The predicted octanol–water partition coefficient (Wildman–Crippen LogP) is 2.12. The first-order valence-electron chi connectivity index (χ1n) is 5.76. The summed E-state index contributed by atoms with van der Waals surface area (Å²) in [5, 5.41) is 0. The number of benzene rings is 1. The molecule has 0 saturated carbocycles. The lowest BCUT2D eigenvalue weighted by molar-refractivity contribution is -0.146. The minimum Gasteiger partial charge on any atom is -0.482 e. The van der Waals surface area contributed by atoms with E-state index in [1.54, 1.807) is 0 Å². The van der Waals surface area contributed by atoms with Crippen molar-refractivity contribution in [2.24, 2.45) is 0 Å². The molecule has 108 valence electrons. The first-order chi connectivity index (χ1) is 8.58. The maximum absolute atomic E-state index is 12.6. The molecular formula is C13H19ClFNO3. The van der Waals surface area contributed by atoms with E-state index in [0.717, 1.165) is 13.0 Å². The highest BCUT2D eigenvalue weighted by atomic mass is 35.5. The van der Waals surface area contributed by atoms with Crippen molar-refractivity contribution >= 4 is 18.4 Å². The standard InChI is InChI=1S/C13H18FNO3.ClH/c1-15(2)8-3-9-17-13(16)10-18-12-6-4-11(14)5-7-12;/h4-7H,3,8-10H2,1-2H3;1H. The maximum Gasteiger partial charge on any atom is 0.344 e. The Morgan fingerprint density at radius 2 is 1.89 bits per heavy atom. The zero-order chi connectivity index (χ0) is 13.4. The summed E-state index contributed by atoms with van der Waals surface area (Å²) >= 11 is 0. The largest absolute Gasteiger partial charge is 0.482 e. The third-order valence-electron chi connectivity index (χ3n) is 2.18. The Hall–Kier alpha value is -1.33. The van der Waals surface area contributed by atoms with Crippen LogP contribution in [0.4, 0.5) is 4.39 Å². The number of nitrogens with zero attached hydrogens (tertiary/aromatic N) is 1. The van der Waals surface area contributed by atoms with Gasteiger partial charge in [0.15, 0.2) is 6.61 Å². The molecule has 4 nitrogen and oxygen atoms in total. The van der Waals surface area contributed by atoms with Gasteiger partial charge >= 0.3 is 5.97 Å². The molecule has 0 aliphatic carbocycles. The van der Waals surface area contributed by atoms with E-state index in [9.17, 15) is 9.18 Å². The predicted molar refractivity (Wildman–Crippen MR) is 73.3 cm³/mol. The topological polar surface area (TPSA) is 38.8 Å². The average molecular weight is 292 g/mol. The Morgan fingerprint density at radius 3 is 2.47 bits per heavy atom. The molecule has 0 heterocycles. The van der Waals surface area contributed by atoms with Gasteiger partial charge in [-0.05, 0) is 44.8 Å². The van der Waals surface area contributed by atoms with Crippen molar-refractivity contribution in [2.75, 3.05) is 33.9 Å². The van der Waals surface area contributed by atoms with Crippen LogP contribution >= 0.6 is 12.4 Å². The molecule has 0 amide bonds. The van der Waals surface area contributed by atoms with Crippen molar-refractivity contribution in [1.29, 1.82) is 0 Å². The van der Waals surface area contributed by atoms with Gasteiger partial charge in [0.25, 0.3) is 0 Å². The number of hydrogen-bond acceptors (Lipinski definition) is 4. The summed E-state index contributed by atoms with van der Waals surface area (Å²) in [6.45, 7) is 1.09. The van der Waals surface area contributed by atoms with Crippen molar-refractivity contribution in [1.82, 2.24) is 4.90 Å². The number of ether oxygens (including phenoxy) is 2. The maximum atomic E-state index is 12.6. The molecule has 0 atom stereocenters. The van der Waals surface area contributed by atoms with Gasteiger partial charge in [-0.15, -0.1) is 12.4 Å². The molecule has 1 rings (SSSR count). The van der Waals surface area contributed by atoms with Crippen LogP contribution in [0.1, 0.15) is 6.42 Å². The summed E-state index contributed by atoms with van der Waals surface area (Å²) in [7, 11) is 3.92. The molecule has 0 aliphatic heterocycles. The van der Waals surface area contributed by atoms with E-state index in [1.165, 1.54) is 24.3 Å². The number of rotatable bonds is 7. The molecule has 0 unspecified atom stereocenters. The van der Waals surface area contributed by atoms with Crippen molar-refractivity contribution in [2.45, 2.75) is 6.42 Å².